The zero-order valence-corrected chi connectivity index (χ0v) is 25.0. The lowest BCUT2D eigenvalue weighted by Gasteiger charge is -2.39. The lowest BCUT2D eigenvalue weighted by molar-refractivity contribution is -0.130. The Morgan fingerprint density at radius 2 is 1.83 bits per heavy atom. The molecule has 11 heteroatoms. The standard InChI is InChI=1S/C31H42ClN5O5/c1-19(39)37-11-9-31(10-12-37)17-22(28(40)36-31)15-24(18-38)33-29(41)26(13-20-5-3-2-4-6-20)35-30(42)27-16-21-14-23(32)7-8-25(21)34-27/h7-8,14,16,20,22,24,26,34,38H,2-6,9-13,15,17-18H2,1H3,(H,33,41)(H,35,42)(H,36,40)/t22?,24?,26-/m0/s1. The molecule has 0 bridgehead atoms. The molecule has 3 fully saturated rings. The lowest BCUT2D eigenvalue weighted by atomic mass is 9.82. The molecule has 3 atom stereocenters. The number of nitrogens with zero attached hydrogens (tertiary/aromatic N) is 1. The van der Waals surface area contributed by atoms with Crippen LogP contribution in [0.1, 0.15) is 81.6 Å². The van der Waals surface area contributed by atoms with Gasteiger partial charge in [-0.1, -0.05) is 43.7 Å². The van der Waals surface area contributed by atoms with Crippen molar-refractivity contribution in [1.29, 1.82) is 0 Å². The van der Waals surface area contributed by atoms with Crippen LogP contribution in [0.5, 0.6) is 0 Å². The highest BCUT2D eigenvalue weighted by atomic mass is 35.5. The van der Waals surface area contributed by atoms with Crippen molar-refractivity contribution in [3.05, 3.63) is 35.0 Å². The molecule has 228 valence electrons. The molecule has 1 aromatic heterocycles. The maximum Gasteiger partial charge on any atom is 0.268 e. The van der Waals surface area contributed by atoms with E-state index in [1.807, 2.05) is 6.07 Å². The van der Waals surface area contributed by atoms with Gasteiger partial charge in [-0.3, -0.25) is 19.2 Å². The van der Waals surface area contributed by atoms with Gasteiger partial charge in [0.15, 0.2) is 0 Å². The molecule has 1 saturated carbocycles. The number of aromatic amines is 1. The van der Waals surface area contributed by atoms with Crippen LogP contribution in [-0.4, -0.2) is 75.9 Å². The van der Waals surface area contributed by atoms with Crippen molar-refractivity contribution in [2.24, 2.45) is 11.8 Å². The van der Waals surface area contributed by atoms with E-state index in [1.165, 1.54) is 6.42 Å². The van der Waals surface area contributed by atoms with Crippen molar-refractivity contribution in [2.75, 3.05) is 19.7 Å². The number of benzene rings is 1. The van der Waals surface area contributed by atoms with Crippen molar-refractivity contribution < 1.29 is 24.3 Å². The van der Waals surface area contributed by atoms with Gasteiger partial charge in [-0.2, -0.15) is 0 Å². The van der Waals surface area contributed by atoms with Gasteiger partial charge in [0.05, 0.1) is 12.6 Å². The van der Waals surface area contributed by atoms with Gasteiger partial charge >= 0.3 is 0 Å². The Balaban J connectivity index is 1.23. The minimum absolute atomic E-state index is 0.0394. The van der Waals surface area contributed by atoms with Gasteiger partial charge < -0.3 is 30.9 Å². The number of aliphatic hydroxyl groups excluding tert-OH is 1. The van der Waals surface area contributed by atoms with Gasteiger partial charge in [-0.05, 0) is 62.3 Å². The van der Waals surface area contributed by atoms with Crippen molar-refractivity contribution in [1.82, 2.24) is 25.8 Å². The Morgan fingerprint density at radius 1 is 1.10 bits per heavy atom. The third-order valence-electron chi connectivity index (χ3n) is 9.44. The highest BCUT2D eigenvalue weighted by Crippen LogP contribution is 2.36. The summed E-state index contributed by atoms with van der Waals surface area (Å²) in [5.41, 5.74) is 0.771. The first-order valence-electron chi connectivity index (χ1n) is 15.2. The molecule has 0 radical (unpaired) electrons. The molecule has 1 aromatic carbocycles. The molecule has 4 amide bonds. The van der Waals surface area contributed by atoms with E-state index in [-0.39, 0.29) is 41.7 Å². The molecule has 2 unspecified atom stereocenters. The second kappa shape index (κ2) is 13.0. The predicted molar refractivity (Wildman–Crippen MR) is 160 cm³/mol. The summed E-state index contributed by atoms with van der Waals surface area (Å²) in [4.78, 5) is 56.5. The fourth-order valence-electron chi connectivity index (χ4n) is 7.02. The van der Waals surface area contributed by atoms with E-state index in [2.05, 4.69) is 20.9 Å². The van der Waals surface area contributed by atoms with Crippen molar-refractivity contribution in [3.63, 3.8) is 0 Å². The van der Waals surface area contributed by atoms with Crippen molar-refractivity contribution in [2.45, 2.75) is 88.8 Å². The molecule has 2 saturated heterocycles. The van der Waals surface area contributed by atoms with E-state index in [0.29, 0.717) is 61.8 Å². The minimum atomic E-state index is -0.774. The number of likely N-dealkylation sites (tertiary alicyclic amines) is 1. The summed E-state index contributed by atoms with van der Waals surface area (Å²) in [5, 5.41) is 20.6. The summed E-state index contributed by atoms with van der Waals surface area (Å²) in [6.45, 7) is 2.46. The number of piperidine rings is 1. The van der Waals surface area contributed by atoms with E-state index in [9.17, 15) is 24.3 Å². The maximum absolute atomic E-state index is 13.6. The number of carbonyl (C=O) groups excluding carboxylic acids is 4. The number of fused-ring (bicyclic) bond motifs is 1. The Morgan fingerprint density at radius 3 is 2.52 bits per heavy atom. The monoisotopic (exact) mass is 599 g/mol. The Bertz CT molecular complexity index is 1310. The number of hydrogen-bond acceptors (Lipinski definition) is 5. The normalized spacial score (nSPS) is 22.1. The second-order valence-corrected chi connectivity index (χ2v) is 12.9. The molecule has 1 aliphatic carbocycles. The highest BCUT2D eigenvalue weighted by molar-refractivity contribution is 6.31. The van der Waals surface area contributed by atoms with Crippen LogP contribution in [0.2, 0.25) is 5.02 Å². The number of rotatable bonds is 9. The van der Waals surface area contributed by atoms with Crippen LogP contribution in [0.4, 0.5) is 0 Å². The molecule has 3 aliphatic rings. The van der Waals surface area contributed by atoms with Crippen LogP contribution >= 0.6 is 11.6 Å². The summed E-state index contributed by atoms with van der Waals surface area (Å²) in [7, 11) is 0. The third-order valence-corrected chi connectivity index (χ3v) is 9.68. The number of aromatic nitrogens is 1. The SMILES string of the molecule is CC(=O)N1CCC2(CC1)CC(CC(CO)NC(=O)[C@H](CC1CCCCC1)NC(=O)c1cc3cc(Cl)ccc3[nH]1)C(=O)N2. The van der Waals surface area contributed by atoms with Crippen molar-refractivity contribution in [3.8, 4) is 0 Å². The highest BCUT2D eigenvalue weighted by Gasteiger charge is 2.46. The average Bonchev–Trinajstić information content (AvgIpc) is 3.53. The van der Waals surface area contributed by atoms with Gasteiger partial charge in [-0.25, -0.2) is 0 Å². The predicted octanol–water partition coefficient (Wildman–Crippen LogP) is 3.27. The average molecular weight is 600 g/mol. The number of halogens is 1. The minimum Gasteiger partial charge on any atom is -0.394 e. The molecule has 42 heavy (non-hydrogen) atoms. The number of hydrogen-bond donors (Lipinski definition) is 5. The van der Waals surface area contributed by atoms with E-state index in [4.69, 9.17) is 11.6 Å². The van der Waals surface area contributed by atoms with Crippen molar-refractivity contribution >= 4 is 46.1 Å². The molecule has 2 aromatic rings. The number of carbonyl (C=O) groups is 4. The maximum atomic E-state index is 13.6. The molecule has 2 aliphatic heterocycles. The van der Waals surface area contributed by atoms with E-state index in [1.54, 1.807) is 30.0 Å². The smallest absolute Gasteiger partial charge is 0.268 e. The van der Waals surface area contributed by atoms with E-state index >= 15 is 0 Å². The quantitative estimate of drug-likeness (QED) is 0.301. The molecular weight excluding hydrogens is 558 g/mol. The molecule has 5 rings (SSSR count). The summed E-state index contributed by atoms with van der Waals surface area (Å²) in [5.74, 6) is -0.800. The lowest BCUT2D eigenvalue weighted by Crippen LogP contribution is -2.51. The Labute approximate surface area is 251 Å². The number of nitrogens with one attached hydrogen (secondary N) is 4. The van der Waals surface area contributed by atoms with Gasteiger partial charge in [0, 0.05) is 47.4 Å². The third kappa shape index (κ3) is 7.09. The van der Waals surface area contributed by atoms with Crippen LogP contribution < -0.4 is 16.0 Å². The van der Waals surface area contributed by atoms with Gasteiger partial charge in [-0.15, -0.1) is 0 Å². The van der Waals surface area contributed by atoms with E-state index in [0.717, 1.165) is 36.6 Å². The van der Waals surface area contributed by atoms with E-state index < -0.39 is 12.1 Å². The Hall–Kier alpha value is -3.11. The molecule has 3 heterocycles. The molecule has 5 N–H and O–H groups in total. The molecule has 1 spiro atoms. The summed E-state index contributed by atoms with van der Waals surface area (Å²) >= 11 is 6.11. The summed E-state index contributed by atoms with van der Waals surface area (Å²) in [6, 6.07) is 5.65. The zero-order chi connectivity index (χ0) is 29.9. The zero-order valence-electron chi connectivity index (χ0n) is 24.2. The molecule has 10 nitrogen and oxygen atoms in total. The largest absolute Gasteiger partial charge is 0.394 e. The van der Waals surface area contributed by atoms with Crippen LogP contribution in [0.3, 0.4) is 0 Å². The van der Waals surface area contributed by atoms with Gasteiger partial charge in [0.25, 0.3) is 5.91 Å². The summed E-state index contributed by atoms with van der Waals surface area (Å²) < 4.78 is 0. The fourth-order valence-corrected chi connectivity index (χ4v) is 7.20. The first-order chi connectivity index (χ1) is 20.1. The number of H-pyrrole nitrogens is 1. The van der Waals surface area contributed by atoms with Gasteiger partial charge in [0.1, 0.15) is 11.7 Å². The number of aliphatic hydroxyl groups is 1. The number of amides is 4. The fraction of sp³-hybridized carbons (Fsp3) is 0.613. The van der Waals surface area contributed by atoms with Crippen LogP contribution in [0.15, 0.2) is 24.3 Å². The van der Waals surface area contributed by atoms with Crippen LogP contribution in [0, 0.1) is 11.8 Å². The Kier molecular flexibility index (Phi) is 9.42. The van der Waals surface area contributed by atoms with Crippen LogP contribution in [0.25, 0.3) is 10.9 Å². The first kappa shape index (κ1) is 30.4. The van der Waals surface area contributed by atoms with Gasteiger partial charge in [0.2, 0.25) is 17.7 Å². The second-order valence-electron chi connectivity index (χ2n) is 12.5. The first-order valence-corrected chi connectivity index (χ1v) is 15.6. The summed E-state index contributed by atoms with van der Waals surface area (Å²) in [6.07, 6.45) is 8.24. The van der Waals surface area contributed by atoms with Crippen LogP contribution in [-0.2, 0) is 14.4 Å². The molecular formula is C31H42ClN5O5. The topological polar surface area (TPSA) is 144 Å².